The number of halogens is 3. The molecule has 0 spiro atoms. The van der Waals surface area contributed by atoms with Crippen LogP contribution in [0.1, 0.15) is 18.4 Å². The van der Waals surface area contributed by atoms with Gasteiger partial charge in [-0.3, -0.25) is 4.90 Å². The van der Waals surface area contributed by atoms with Gasteiger partial charge in [0.05, 0.1) is 5.56 Å². The van der Waals surface area contributed by atoms with Gasteiger partial charge in [0.1, 0.15) is 5.75 Å². The van der Waals surface area contributed by atoms with E-state index in [1.807, 2.05) is 41.3 Å². The molecule has 0 bridgehead atoms. The number of anilines is 1. The van der Waals surface area contributed by atoms with Crippen molar-refractivity contribution in [3.05, 3.63) is 72.3 Å². The average molecular weight is 472 g/mol. The second-order valence-electron chi connectivity index (χ2n) is 8.34. The summed E-state index contributed by atoms with van der Waals surface area (Å²) in [6.45, 7) is 3.88. The summed E-state index contributed by atoms with van der Waals surface area (Å²) in [5.41, 5.74) is -0.325. The molecule has 1 aliphatic heterocycles. The van der Waals surface area contributed by atoms with E-state index in [4.69, 9.17) is 4.74 Å². The number of rotatable bonds is 7. The molecule has 1 heterocycles. The summed E-state index contributed by atoms with van der Waals surface area (Å²) in [7, 11) is 0. The number of carbonyl (C=O) groups excluding carboxylic acids is 1. The molecule has 3 aromatic carbocycles. The van der Waals surface area contributed by atoms with Crippen molar-refractivity contribution in [1.82, 2.24) is 10.2 Å². The molecule has 0 aliphatic carbocycles. The maximum Gasteiger partial charge on any atom is 0.418 e. The number of nitrogens with zero attached hydrogens (tertiary/aromatic N) is 2. The van der Waals surface area contributed by atoms with Crippen LogP contribution in [0.15, 0.2) is 66.7 Å². The topological polar surface area (TPSA) is 44.8 Å². The lowest BCUT2D eigenvalue weighted by Gasteiger charge is -2.37. The number of unbranched alkanes of at least 4 members (excludes halogenated alkanes) is 1. The zero-order valence-electron chi connectivity index (χ0n) is 18.9. The summed E-state index contributed by atoms with van der Waals surface area (Å²) in [5.74, 6) is 0.528. The van der Waals surface area contributed by atoms with Crippen LogP contribution in [0.2, 0.25) is 0 Å². The van der Waals surface area contributed by atoms with Crippen molar-refractivity contribution >= 4 is 22.6 Å². The maximum absolute atomic E-state index is 13.3. The molecule has 0 atom stereocenters. The van der Waals surface area contributed by atoms with E-state index < -0.39 is 17.8 Å². The minimum atomic E-state index is -4.35. The number of amides is 1. The summed E-state index contributed by atoms with van der Waals surface area (Å²) in [6.07, 6.45) is -3.15. The molecular formula is C26H28F3N3O2. The minimum absolute atomic E-state index is 0.253. The monoisotopic (exact) mass is 471 g/mol. The number of para-hydroxylation sites is 1. The Labute approximate surface area is 197 Å². The molecular weight excluding hydrogens is 443 g/mol. The third kappa shape index (κ3) is 5.99. The molecule has 0 aromatic heterocycles. The standard InChI is InChI=1S/C26H28F3N3O2/c27-26(28,29)22-11-3-4-12-23(22)32-18-16-31(17-19-32)15-6-5-14-30-25(33)34-24-13-7-9-20-8-1-2-10-21(20)24/h1-4,7-13H,5-6,14-19H2,(H,30,33). The molecule has 1 amide bonds. The van der Waals surface area contributed by atoms with Gasteiger partial charge in [0.2, 0.25) is 0 Å². The second-order valence-corrected chi connectivity index (χ2v) is 8.34. The average Bonchev–Trinajstić information content (AvgIpc) is 2.84. The Bertz CT molecular complexity index is 1110. The Morgan fingerprint density at radius 1 is 0.882 bits per heavy atom. The van der Waals surface area contributed by atoms with Crippen molar-refractivity contribution in [2.24, 2.45) is 0 Å². The Morgan fingerprint density at radius 3 is 2.38 bits per heavy atom. The molecule has 0 unspecified atom stereocenters. The first-order valence-corrected chi connectivity index (χ1v) is 11.5. The first-order chi connectivity index (χ1) is 16.4. The molecule has 3 aromatic rings. The van der Waals surface area contributed by atoms with Gasteiger partial charge < -0.3 is 15.0 Å². The van der Waals surface area contributed by atoms with Gasteiger partial charge in [-0.1, -0.05) is 48.5 Å². The second kappa shape index (κ2) is 10.8. The third-order valence-corrected chi connectivity index (χ3v) is 6.05. The molecule has 1 saturated heterocycles. The summed E-state index contributed by atoms with van der Waals surface area (Å²) in [6, 6.07) is 19.1. The van der Waals surface area contributed by atoms with Gasteiger partial charge in [0, 0.05) is 43.8 Å². The number of hydrogen-bond donors (Lipinski definition) is 1. The number of ether oxygens (including phenoxy) is 1. The van der Waals surface area contributed by atoms with E-state index in [2.05, 4.69) is 10.2 Å². The van der Waals surface area contributed by atoms with Crippen molar-refractivity contribution in [1.29, 1.82) is 0 Å². The van der Waals surface area contributed by atoms with E-state index in [0.717, 1.165) is 36.2 Å². The first kappa shape index (κ1) is 23.9. The van der Waals surface area contributed by atoms with Crippen molar-refractivity contribution in [2.45, 2.75) is 19.0 Å². The molecule has 1 fully saturated rings. The number of hydrogen-bond acceptors (Lipinski definition) is 4. The normalized spacial score (nSPS) is 14.9. The SMILES string of the molecule is O=C(NCCCCN1CCN(c2ccccc2C(F)(F)F)CC1)Oc1cccc2ccccc12. The number of alkyl halides is 3. The summed E-state index contributed by atoms with van der Waals surface area (Å²) in [5, 5.41) is 4.68. The summed E-state index contributed by atoms with van der Waals surface area (Å²) >= 11 is 0. The minimum Gasteiger partial charge on any atom is -0.410 e. The van der Waals surface area contributed by atoms with Crippen LogP contribution in [-0.4, -0.2) is 50.3 Å². The number of benzene rings is 3. The molecule has 5 nitrogen and oxygen atoms in total. The fourth-order valence-corrected chi connectivity index (χ4v) is 4.27. The number of piperazine rings is 1. The zero-order valence-corrected chi connectivity index (χ0v) is 18.9. The Hall–Kier alpha value is -3.26. The van der Waals surface area contributed by atoms with E-state index in [9.17, 15) is 18.0 Å². The Morgan fingerprint density at radius 2 is 1.59 bits per heavy atom. The number of nitrogens with one attached hydrogen (secondary N) is 1. The van der Waals surface area contributed by atoms with Crippen LogP contribution in [-0.2, 0) is 6.18 Å². The van der Waals surface area contributed by atoms with Gasteiger partial charge in [0.15, 0.2) is 0 Å². The molecule has 0 saturated carbocycles. The van der Waals surface area contributed by atoms with Crippen LogP contribution in [0.5, 0.6) is 5.75 Å². The van der Waals surface area contributed by atoms with Crippen molar-refractivity contribution < 1.29 is 22.7 Å². The predicted octanol–water partition coefficient (Wildman–Crippen LogP) is 5.55. The quantitative estimate of drug-likeness (QED) is 0.459. The van der Waals surface area contributed by atoms with E-state index >= 15 is 0 Å². The van der Waals surface area contributed by atoms with Gasteiger partial charge in [-0.05, 0) is 43.0 Å². The van der Waals surface area contributed by atoms with E-state index in [1.165, 1.54) is 6.07 Å². The predicted molar refractivity (Wildman–Crippen MR) is 127 cm³/mol. The molecule has 34 heavy (non-hydrogen) atoms. The highest BCUT2D eigenvalue weighted by Gasteiger charge is 2.35. The molecule has 180 valence electrons. The van der Waals surface area contributed by atoms with Crippen LogP contribution in [0.3, 0.4) is 0 Å². The van der Waals surface area contributed by atoms with E-state index in [1.54, 1.807) is 18.2 Å². The lowest BCUT2D eigenvalue weighted by Crippen LogP contribution is -2.47. The first-order valence-electron chi connectivity index (χ1n) is 11.5. The molecule has 4 rings (SSSR count). The van der Waals surface area contributed by atoms with E-state index in [0.29, 0.717) is 38.5 Å². The number of fused-ring (bicyclic) bond motifs is 1. The highest BCUT2D eigenvalue weighted by molar-refractivity contribution is 5.90. The van der Waals surface area contributed by atoms with Crippen molar-refractivity contribution in [3.8, 4) is 5.75 Å². The van der Waals surface area contributed by atoms with Crippen molar-refractivity contribution in [3.63, 3.8) is 0 Å². The van der Waals surface area contributed by atoms with Crippen LogP contribution >= 0.6 is 0 Å². The number of carbonyl (C=O) groups is 1. The smallest absolute Gasteiger partial charge is 0.410 e. The van der Waals surface area contributed by atoms with Gasteiger partial charge in [0.25, 0.3) is 0 Å². The van der Waals surface area contributed by atoms with E-state index in [-0.39, 0.29) is 5.69 Å². The van der Waals surface area contributed by atoms with Crippen LogP contribution in [0.25, 0.3) is 10.8 Å². The van der Waals surface area contributed by atoms with Crippen molar-refractivity contribution in [2.75, 3.05) is 44.2 Å². The largest absolute Gasteiger partial charge is 0.418 e. The summed E-state index contributed by atoms with van der Waals surface area (Å²) < 4.78 is 45.3. The van der Waals surface area contributed by atoms with Crippen LogP contribution < -0.4 is 15.0 Å². The van der Waals surface area contributed by atoms with Gasteiger partial charge in [-0.25, -0.2) is 4.79 Å². The fraction of sp³-hybridized carbons (Fsp3) is 0.346. The van der Waals surface area contributed by atoms with Crippen LogP contribution in [0.4, 0.5) is 23.7 Å². The van der Waals surface area contributed by atoms with Gasteiger partial charge >= 0.3 is 12.3 Å². The van der Waals surface area contributed by atoms with Gasteiger partial charge in [-0.2, -0.15) is 13.2 Å². The highest BCUT2D eigenvalue weighted by atomic mass is 19.4. The Kier molecular flexibility index (Phi) is 7.57. The molecule has 1 aliphatic rings. The maximum atomic E-state index is 13.3. The molecule has 8 heteroatoms. The lowest BCUT2D eigenvalue weighted by atomic mass is 10.1. The summed E-state index contributed by atoms with van der Waals surface area (Å²) in [4.78, 5) is 16.2. The third-order valence-electron chi connectivity index (χ3n) is 6.05. The van der Waals surface area contributed by atoms with Gasteiger partial charge in [-0.15, -0.1) is 0 Å². The lowest BCUT2D eigenvalue weighted by molar-refractivity contribution is -0.137. The zero-order chi connectivity index (χ0) is 24.0. The molecule has 0 radical (unpaired) electrons. The fourth-order valence-electron chi connectivity index (χ4n) is 4.27. The Balaban J connectivity index is 1.16. The van der Waals surface area contributed by atoms with Crippen LogP contribution in [0, 0.1) is 0 Å². The molecule has 1 N–H and O–H groups in total. The highest BCUT2D eigenvalue weighted by Crippen LogP contribution is 2.36.